The molecule has 1 aromatic carbocycles. The smallest absolute Gasteiger partial charge is 0.185 e. The van der Waals surface area contributed by atoms with Gasteiger partial charge in [-0.05, 0) is 25.2 Å². The molecule has 0 amide bonds. The molecule has 0 aromatic heterocycles. The molecule has 19 heavy (non-hydrogen) atoms. The first kappa shape index (κ1) is 15.8. The van der Waals surface area contributed by atoms with Crippen LogP contribution in [0.2, 0.25) is 0 Å². The second-order valence-corrected chi connectivity index (χ2v) is 6.21. The number of sulfone groups is 1. The second kappa shape index (κ2) is 6.29. The number of halogens is 2. The van der Waals surface area contributed by atoms with Gasteiger partial charge in [-0.15, -0.1) is 0 Å². The van der Waals surface area contributed by atoms with Crippen molar-refractivity contribution in [2.75, 3.05) is 31.1 Å². The van der Waals surface area contributed by atoms with E-state index in [2.05, 4.69) is 0 Å². The number of anilines is 1. The van der Waals surface area contributed by atoms with Crippen LogP contribution in [0.4, 0.5) is 14.5 Å². The average molecular weight is 292 g/mol. The van der Waals surface area contributed by atoms with Crippen LogP contribution in [0.3, 0.4) is 0 Å². The lowest BCUT2D eigenvalue weighted by molar-refractivity contribution is 0.321. The van der Waals surface area contributed by atoms with E-state index in [0.29, 0.717) is 13.1 Å². The fraction of sp³-hybridized carbons (Fsp3) is 0.500. The molecule has 0 atom stereocenters. The molecule has 0 heterocycles. The minimum Gasteiger partial charge on any atom is -0.399 e. The van der Waals surface area contributed by atoms with E-state index >= 15 is 0 Å². The van der Waals surface area contributed by atoms with Gasteiger partial charge >= 0.3 is 0 Å². The van der Waals surface area contributed by atoms with Gasteiger partial charge in [0.1, 0.15) is 16.5 Å². The van der Waals surface area contributed by atoms with Gasteiger partial charge in [-0.25, -0.2) is 17.2 Å². The van der Waals surface area contributed by atoms with Crippen molar-refractivity contribution in [2.24, 2.45) is 0 Å². The van der Waals surface area contributed by atoms with Crippen molar-refractivity contribution in [2.45, 2.75) is 18.7 Å². The Balaban J connectivity index is 3.01. The van der Waals surface area contributed by atoms with Crippen molar-refractivity contribution < 1.29 is 17.2 Å². The minimum atomic E-state index is -4.00. The van der Waals surface area contributed by atoms with Gasteiger partial charge in [0, 0.05) is 12.2 Å². The predicted molar refractivity (Wildman–Crippen MR) is 70.6 cm³/mol. The van der Waals surface area contributed by atoms with E-state index in [1.165, 1.54) is 0 Å². The largest absolute Gasteiger partial charge is 0.399 e. The number of hydrogen-bond donors (Lipinski definition) is 1. The Bertz CT molecular complexity index is 520. The molecule has 1 aromatic rings. The second-order valence-electron chi connectivity index (χ2n) is 4.16. The first-order chi connectivity index (χ1) is 8.81. The topological polar surface area (TPSA) is 63.4 Å². The van der Waals surface area contributed by atoms with Crippen LogP contribution in [-0.4, -0.2) is 38.7 Å². The zero-order valence-corrected chi connectivity index (χ0v) is 11.8. The van der Waals surface area contributed by atoms with Gasteiger partial charge in [-0.2, -0.15) is 0 Å². The van der Waals surface area contributed by atoms with Crippen LogP contribution in [-0.2, 0) is 9.84 Å². The first-order valence-electron chi connectivity index (χ1n) is 6.01. The lowest BCUT2D eigenvalue weighted by atomic mass is 10.3. The molecule has 0 saturated heterocycles. The van der Waals surface area contributed by atoms with Crippen LogP contribution in [0.25, 0.3) is 0 Å². The highest BCUT2D eigenvalue weighted by molar-refractivity contribution is 7.91. The lowest BCUT2D eigenvalue weighted by Gasteiger charge is -2.18. The number of benzene rings is 1. The number of rotatable bonds is 6. The lowest BCUT2D eigenvalue weighted by Crippen LogP contribution is -2.29. The Hall–Kier alpha value is -1.21. The molecule has 0 bridgehead atoms. The third-order valence-electron chi connectivity index (χ3n) is 2.90. The van der Waals surface area contributed by atoms with E-state index in [4.69, 9.17) is 5.73 Å². The van der Waals surface area contributed by atoms with Crippen molar-refractivity contribution in [3.05, 3.63) is 23.8 Å². The van der Waals surface area contributed by atoms with Gasteiger partial charge in [0.25, 0.3) is 0 Å². The maximum Gasteiger partial charge on any atom is 0.185 e. The Kier molecular flexibility index (Phi) is 5.25. The summed E-state index contributed by atoms with van der Waals surface area (Å²) in [5, 5.41) is 0. The van der Waals surface area contributed by atoms with Crippen molar-refractivity contribution >= 4 is 15.5 Å². The maximum atomic E-state index is 13.6. The van der Waals surface area contributed by atoms with Crippen LogP contribution in [0, 0.1) is 11.6 Å². The summed E-state index contributed by atoms with van der Waals surface area (Å²) in [4.78, 5) is 0.971. The highest BCUT2D eigenvalue weighted by Crippen LogP contribution is 2.22. The van der Waals surface area contributed by atoms with Gasteiger partial charge < -0.3 is 10.6 Å². The third-order valence-corrected chi connectivity index (χ3v) is 4.63. The number of hydrogen-bond acceptors (Lipinski definition) is 4. The van der Waals surface area contributed by atoms with Crippen LogP contribution in [0.15, 0.2) is 17.0 Å². The summed E-state index contributed by atoms with van der Waals surface area (Å²) in [6.45, 7) is 5.37. The SMILES string of the molecule is CCN(CC)CCS(=O)(=O)c1c(F)cc(N)cc1F. The van der Waals surface area contributed by atoms with Crippen LogP contribution < -0.4 is 5.73 Å². The predicted octanol–water partition coefficient (Wildman–Crippen LogP) is 1.66. The van der Waals surface area contributed by atoms with Crippen molar-refractivity contribution in [1.29, 1.82) is 0 Å². The molecule has 0 fully saturated rings. The number of nitrogen functional groups attached to an aromatic ring is 1. The highest BCUT2D eigenvalue weighted by atomic mass is 32.2. The molecule has 0 spiro atoms. The molecular formula is C12H18F2N2O2S. The minimum absolute atomic E-state index is 0.141. The highest BCUT2D eigenvalue weighted by Gasteiger charge is 2.24. The molecule has 0 unspecified atom stereocenters. The monoisotopic (exact) mass is 292 g/mol. The summed E-state index contributed by atoms with van der Waals surface area (Å²) in [6, 6.07) is 1.63. The molecule has 0 aliphatic heterocycles. The Morgan fingerprint density at radius 1 is 1.16 bits per heavy atom. The molecular weight excluding hydrogens is 274 g/mol. The van der Waals surface area contributed by atoms with E-state index in [0.717, 1.165) is 12.1 Å². The Morgan fingerprint density at radius 2 is 1.63 bits per heavy atom. The summed E-state index contributed by atoms with van der Waals surface area (Å²) in [7, 11) is -4.00. The fourth-order valence-corrected chi connectivity index (χ4v) is 3.18. The van der Waals surface area contributed by atoms with Gasteiger partial charge in [-0.3, -0.25) is 0 Å². The van der Waals surface area contributed by atoms with Crippen LogP contribution in [0.1, 0.15) is 13.8 Å². The van der Waals surface area contributed by atoms with Crippen molar-refractivity contribution in [1.82, 2.24) is 4.90 Å². The van der Waals surface area contributed by atoms with Crippen molar-refractivity contribution in [3.8, 4) is 0 Å². The van der Waals surface area contributed by atoms with E-state index in [1.807, 2.05) is 18.7 Å². The first-order valence-corrected chi connectivity index (χ1v) is 7.66. The van der Waals surface area contributed by atoms with Crippen molar-refractivity contribution in [3.63, 3.8) is 0 Å². The molecule has 0 radical (unpaired) electrons. The summed E-state index contributed by atoms with van der Waals surface area (Å²) < 4.78 is 51.1. The van der Waals surface area contributed by atoms with E-state index < -0.39 is 26.4 Å². The normalized spacial score (nSPS) is 12.1. The summed E-state index contributed by atoms with van der Waals surface area (Å²) in [5.74, 6) is -2.61. The van der Waals surface area contributed by atoms with Gasteiger partial charge in [0.2, 0.25) is 0 Å². The molecule has 2 N–H and O–H groups in total. The van der Waals surface area contributed by atoms with Crippen LogP contribution >= 0.6 is 0 Å². The summed E-state index contributed by atoms with van der Waals surface area (Å²) >= 11 is 0. The standard InChI is InChI=1S/C12H18F2N2O2S/c1-3-16(4-2)5-6-19(17,18)12-10(13)7-9(15)8-11(12)14/h7-8H,3-6,15H2,1-2H3. The Morgan fingerprint density at radius 3 is 2.05 bits per heavy atom. The molecule has 7 heteroatoms. The summed E-state index contributed by atoms with van der Waals surface area (Å²) in [5.41, 5.74) is 5.11. The van der Waals surface area contributed by atoms with Gasteiger partial charge in [0.05, 0.1) is 5.75 Å². The molecule has 4 nitrogen and oxygen atoms in total. The summed E-state index contributed by atoms with van der Waals surface area (Å²) in [6.07, 6.45) is 0. The average Bonchev–Trinajstić information content (AvgIpc) is 2.28. The number of nitrogens with two attached hydrogens (primary N) is 1. The van der Waals surface area contributed by atoms with E-state index in [9.17, 15) is 17.2 Å². The fourth-order valence-electron chi connectivity index (χ4n) is 1.77. The van der Waals surface area contributed by atoms with Gasteiger partial charge in [-0.1, -0.05) is 13.8 Å². The Labute approximate surface area is 112 Å². The maximum absolute atomic E-state index is 13.6. The zero-order chi connectivity index (χ0) is 14.6. The van der Waals surface area contributed by atoms with Gasteiger partial charge in [0.15, 0.2) is 9.84 Å². The number of nitrogens with zero attached hydrogens (tertiary/aromatic N) is 1. The molecule has 108 valence electrons. The molecule has 0 saturated carbocycles. The molecule has 0 aliphatic carbocycles. The zero-order valence-electron chi connectivity index (χ0n) is 11.0. The van der Waals surface area contributed by atoms with E-state index in [1.54, 1.807) is 0 Å². The third kappa shape index (κ3) is 3.87. The van der Waals surface area contributed by atoms with E-state index in [-0.39, 0.29) is 18.0 Å². The quantitative estimate of drug-likeness (QED) is 0.810. The molecule has 0 aliphatic rings. The van der Waals surface area contributed by atoms with Crippen LogP contribution in [0.5, 0.6) is 0 Å². The molecule has 1 rings (SSSR count).